The molecule has 1 N–H and O–H groups in total. The van der Waals surface area contributed by atoms with Crippen LogP contribution in [0.4, 0.5) is 0 Å². The van der Waals surface area contributed by atoms with Gasteiger partial charge in [0.1, 0.15) is 0 Å². The van der Waals surface area contributed by atoms with Gasteiger partial charge in [-0.1, -0.05) is 0 Å². The van der Waals surface area contributed by atoms with E-state index in [1.165, 1.54) is 5.56 Å². The van der Waals surface area contributed by atoms with Crippen molar-refractivity contribution in [1.29, 1.82) is 0 Å². The summed E-state index contributed by atoms with van der Waals surface area (Å²) in [5.41, 5.74) is 4.52. The summed E-state index contributed by atoms with van der Waals surface area (Å²) in [4.78, 5) is 8.44. The van der Waals surface area contributed by atoms with Crippen LogP contribution in [0, 0.1) is 6.92 Å². The lowest BCUT2D eigenvalue weighted by Crippen LogP contribution is -2.05. The van der Waals surface area contributed by atoms with Crippen LogP contribution in [0.2, 0.25) is 0 Å². The normalized spacial score (nSPS) is 10.4. The van der Waals surface area contributed by atoms with E-state index >= 15 is 0 Å². The van der Waals surface area contributed by atoms with Gasteiger partial charge in [-0.15, -0.1) is 0 Å². The molecule has 0 atom stereocenters. The zero-order valence-electron chi connectivity index (χ0n) is 9.57. The lowest BCUT2D eigenvalue weighted by molar-refractivity contribution is 0.813. The fourth-order valence-electron chi connectivity index (χ4n) is 1.67. The summed E-state index contributed by atoms with van der Waals surface area (Å²) < 4.78 is 0. The number of aryl methyl sites for hydroxylation is 1. The second kappa shape index (κ2) is 4.86. The minimum atomic E-state index is 0.838. The van der Waals surface area contributed by atoms with Crippen molar-refractivity contribution in [3.63, 3.8) is 0 Å². The highest BCUT2D eigenvalue weighted by atomic mass is 14.8. The summed E-state index contributed by atoms with van der Waals surface area (Å²) in [5, 5.41) is 3.12. The fraction of sp³-hybridized carbons (Fsp3) is 0.231. The van der Waals surface area contributed by atoms with Gasteiger partial charge in [0, 0.05) is 36.4 Å². The largest absolute Gasteiger partial charge is 0.316 e. The molecule has 2 heterocycles. The Morgan fingerprint density at radius 2 is 2.06 bits per heavy atom. The van der Waals surface area contributed by atoms with E-state index in [-0.39, 0.29) is 0 Å². The molecular weight excluding hydrogens is 198 g/mol. The Bertz CT molecular complexity index is 480. The summed E-state index contributed by atoms with van der Waals surface area (Å²) >= 11 is 0. The van der Waals surface area contributed by atoms with Crippen molar-refractivity contribution in [1.82, 2.24) is 15.3 Å². The van der Waals surface area contributed by atoms with E-state index in [4.69, 9.17) is 0 Å². The Hall–Kier alpha value is -1.74. The molecule has 0 radical (unpaired) electrons. The molecule has 0 aliphatic heterocycles. The molecule has 0 spiro atoms. The number of hydrogen-bond acceptors (Lipinski definition) is 3. The number of nitrogens with one attached hydrogen (secondary N) is 1. The van der Waals surface area contributed by atoms with Gasteiger partial charge in [-0.3, -0.25) is 9.97 Å². The van der Waals surface area contributed by atoms with Gasteiger partial charge in [0.25, 0.3) is 0 Å². The van der Waals surface area contributed by atoms with Crippen LogP contribution in [0.25, 0.3) is 11.1 Å². The number of hydrogen-bond donors (Lipinski definition) is 1. The third kappa shape index (κ3) is 2.44. The average Bonchev–Trinajstić information content (AvgIpc) is 2.30. The van der Waals surface area contributed by atoms with Crippen molar-refractivity contribution >= 4 is 0 Å². The number of nitrogens with zero attached hydrogens (tertiary/aromatic N) is 2. The monoisotopic (exact) mass is 213 g/mol. The first-order valence-electron chi connectivity index (χ1n) is 5.31. The third-order valence-corrected chi connectivity index (χ3v) is 2.41. The average molecular weight is 213 g/mol. The van der Waals surface area contributed by atoms with Gasteiger partial charge in [-0.2, -0.15) is 0 Å². The van der Waals surface area contributed by atoms with Crippen LogP contribution >= 0.6 is 0 Å². The van der Waals surface area contributed by atoms with Crippen LogP contribution in [0.15, 0.2) is 36.8 Å². The maximum absolute atomic E-state index is 4.25. The van der Waals surface area contributed by atoms with Gasteiger partial charge in [0.2, 0.25) is 0 Å². The maximum atomic E-state index is 4.25. The Kier molecular flexibility index (Phi) is 3.27. The minimum absolute atomic E-state index is 0.838. The number of pyridine rings is 2. The first-order chi connectivity index (χ1) is 7.79. The molecule has 0 aliphatic carbocycles. The third-order valence-electron chi connectivity index (χ3n) is 2.41. The fourth-order valence-corrected chi connectivity index (χ4v) is 1.67. The van der Waals surface area contributed by atoms with Crippen molar-refractivity contribution in [2.45, 2.75) is 13.5 Å². The molecule has 2 aromatic rings. The lowest BCUT2D eigenvalue weighted by atomic mass is 10.1. The second-order valence-corrected chi connectivity index (χ2v) is 3.80. The highest BCUT2D eigenvalue weighted by Gasteiger charge is 2.00. The molecule has 16 heavy (non-hydrogen) atoms. The van der Waals surface area contributed by atoms with Crippen LogP contribution in [0.3, 0.4) is 0 Å². The van der Waals surface area contributed by atoms with E-state index in [1.807, 2.05) is 38.6 Å². The standard InChI is InChI=1S/C13H15N3/c1-10-5-12(3-4-16-10)13-6-11(7-14-2)8-15-9-13/h3-6,8-9,14H,7H2,1-2H3. The smallest absolute Gasteiger partial charge is 0.0378 e. The molecule has 0 amide bonds. The van der Waals surface area contributed by atoms with Crippen LogP contribution in [0.5, 0.6) is 0 Å². The quantitative estimate of drug-likeness (QED) is 0.849. The molecule has 0 unspecified atom stereocenters. The molecule has 0 fully saturated rings. The summed E-state index contributed by atoms with van der Waals surface area (Å²) in [6.07, 6.45) is 5.59. The second-order valence-electron chi connectivity index (χ2n) is 3.80. The molecule has 0 bridgehead atoms. The Morgan fingerprint density at radius 3 is 2.81 bits per heavy atom. The van der Waals surface area contributed by atoms with Crippen LogP contribution in [0.1, 0.15) is 11.3 Å². The molecule has 0 aromatic carbocycles. The SMILES string of the molecule is CNCc1cncc(-c2ccnc(C)c2)c1. The van der Waals surface area contributed by atoms with Gasteiger partial charge >= 0.3 is 0 Å². The van der Waals surface area contributed by atoms with E-state index in [9.17, 15) is 0 Å². The summed E-state index contributed by atoms with van der Waals surface area (Å²) in [6, 6.07) is 6.23. The topological polar surface area (TPSA) is 37.8 Å². The summed E-state index contributed by atoms with van der Waals surface area (Å²) in [7, 11) is 1.93. The Labute approximate surface area is 95.6 Å². The number of aromatic nitrogens is 2. The molecule has 2 aromatic heterocycles. The van der Waals surface area contributed by atoms with E-state index in [1.54, 1.807) is 0 Å². The van der Waals surface area contributed by atoms with E-state index in [2.05, 4.69) is 27.4 Å². The molecule has 0 saturated heterocycles. The maximum Gasteiger partial charge on any atom is 0.0378 e. The zero-order valence-corrected chi connectivity index (χ0v) is 9.57. The summed E-state index contributed by atoms with van der Waals surface area (Å²) in [6.45, 7) is 2.83. The molecule has 3 heteroatoms. The van der Waals surface area contributed by atoms with E-state index in [0.29, 0.717) is 0 Å². The van der Waals surface area contributed by atoms with Crippen molar-refractivity contribution in [2.75, 3.05) is 7.05 Å². The predicted molar refractivity (Wildman–Crippen MR) is 65.0 cm³/mol. The lowest BCUT2D eigenvalue weighted by Gasteiger charge is -2.05. The molecule has 3 nitrogen and oxygen atoms in total. The van der Waals surface area contributed by atoms with Gasteiger partial charge < -0.3 is 5.32 Å². The van der Waals surface area contributed by atoms with Gasteiger partial charge in [-0.05, 0) is 43.3 Å². The first kappa shape index (κ1) is 10.8. The highest BCUT2D eigenvalue weighted by Crippen LogP contribution is 2.19. The van der Waals surface area contributed by atoms with Gasteiger partial charge in [0.15, 0.2) is 0 Å². The van der Waals surface area contributed by atoms with Crippen molar-refractivity contribution in [3.05, 3.63) is 48.0 Å². The first-order valence-corrected chi connectivity index (χ1v) is 5.31. The molecule has 0 aliphatic rings. The van der Waals surface area contributed by atoms with E-state index < -0.39 is 0 Å². The van der Waals surface area contributed by atoms with Crippen LogP contribution < -0.4 is 5.32 Å². The predicted octanol–water partition coefficient (Wildman–Crippen LogP) is 2.17. The van der Waals surface area contributed by atoms with Crippen LogP contribution in [-0.2, 0) is 6.54 Å². The van der Waals surface area contributed by atoms with Crippen molar-refractivity contribution in [2.24, 2.45) is 0 Å². The van der Waals surface area contributed by atoms with Gasteiger partial charge in [0.05, 0.1) is 0 Å². The molecule has 2 rings (SSSR count). The molecule has 0 saturated carbocycles. The molecule has 82 valence electrons. The Morgan fingerprint density at radius 1 is 1.19 bits per heavy atom. The van der Waals surface area contributed by atoms with Crippen molar-refractivity contribution < 1.29 is 0 Å². The molecular formula is C13H15N3. The van der Waals surface area contributed by atoms with E-state index in [0.717, 1.165) is 23.4 Å². The van der Waals surface area contributed by atoms with Crippen LogP contribution in [-0.4, -0.2) is 17.0 Å². The number of rotatable bonds is 3. The summed E-state index contributed by atoms with van der Waals surface area (Å²) in [5.74, 6) is 0. The van der Waals surface area contributed by atoms with Crippen molar-refractivity contribution in [3.8, 4) is 11.1 Å². The highest BCUT2D eigenvalue weighted by molar-refractivity contribution is 5.62. The minimum Gasteiger partial charge on any atom is -0.316 e. The van der Waals surface area contributed by atoms with Gasteiger partial charge in [-0.25, -0.2) is 0 Å². The Balaban J connectivity index is 2.36. The zero-order chi connectivity index (χ0) is 11.4.